The Kier molecular flexibility index (Phi) is 8.89. The van der Waals surface area contributed by atoms with Crippen LogP contribution in [-0.4, -0.2) is 89.3 Å². The number of halogens is 1. The Balaban J connectivity index is 1.64. The lowest BCUT2D eigenvalue weighted by Crippen LogP contribution is -2.50. The van der Waals surface area contributed by atoms with Crippen LogP contribution in [0.25, 0.3) is 0 Å². The number of nitrogen functional groups attached to an aromatic ring is 1. The molecule has 0 bridgehead atoms. The summed E-state index contributed by atoms with van der Waals surface area (Å²) in [6, 6.07) is 4.31. The third-order valence-electron chi connectivity index (χ3n) is 5.34. The van der Waals surface area contributed by atoms with Crippen molar-refractivity contribution in [2.45, 2.75) is 16.2 Å². The van der Waals surface area contributed by atoms with Crippen molar-refractivity contribution in [1.82, 2.24) is 20.2 Å². The van der Waals surface area contributed by atoms with E-state index in [1.54, 1.807) is 7.11 Å². The van der Waals surface area contributed by atoms with Gasteiger partial charge in [0.05, 0.1) is 19.9 Å². The lowest BCUT2D eigenvalue weighted by molar-refractivity contribution is -0.122. The maximum Gasteiger partial charge on any atom is 0.234 e. The molecule has 0 unspecified atom stereocenters. The van der Waals surface area contributed by atoms with Gasteiger partial charge in [0.2, 0.25) is 21.7 Å². The number of carbonyl (C=O) groups excluding carboxylic acids is 1. The molecule has 11 nitrogen and oxygen atoms in total. The lowest BCUT2D eigenvalue weighted by Gasteiger charge is -2.34. The van der Waals surface area contributed by atoms with Gasteiger partial charge in [-0.3, -0.25) is 9.69 Å². The van der Waals surface area contributed by atoms with E-state index in [1.165, 1.54) is 31.5 Å². The fourth-order valence-electron chi connectivity index (χ4n) is 3.52. The van der Waals surface area contributed by atoms with Gasteiger partial charge in [-0.25, -0.2) is 13.4 Å². The van der Waals surface area contributed by atoms with E-state index in [-0.39, 0.29) is 32.3 Å². The first-order valence-electron chi connectivity index (χ1n) is 10.7. The summed E-state index contributed by atoms with van der Waals surface area (Å²) in [6.45, 7) is 3.91. The Hall–Kier alpha value is -2.67. The Morgan fingerprint density at radius 1 is 1.21 bits per heavy atom. The van der Waals surface area contributed by atoms with Gasteiger partial charge in [0, 0.05) is 51.5 Å². The summed E-state index contributed by atoms with van der Waals surface area (Å²) in [5.74, 6) is 0.283. The largest absolute Gasteiger partial charge is 0.495 e. The molecule has 1 aliphatic heterocycles. The molecule has 13 heteroatoms. The number of hydrogen-bond acceptors (Lipinski definition) is 10. The molecule has 1 amide bonds. The number of anilines is 2. The van der Waals surface area contributed by atoms with Gasteiger partial charge >= 0.3 is 0 Å². The van der Waals surface area contributed by atoms with Crippen LogP contribution in [0.3, 0.4) is 0 Å². The number of piperazine rings is 1. The predicted molar refractivity (Wildman–Crippen MR) is 128 cm³/mol. The third-order valence-corrected chi connectivity index (χ3v) is 7.37. The lowest BCUT2D eigenvalue weighted by atomic mass is 10.3. The maximum absolute atomic E-state index is 13.2. The van der Waals surface area contributed by atoms with E-state index in [9.17, 15) is 13.2 Å². The maximum atomic E-state index is 13.2. The molecular formula is C21H29ClN6O5S. The Bertz CT molecular complexity index is 1110. The first-order chi connectivity index (χ1) is 16.3. The van der Waals surface area contributed by atoms with Crippen molar-refractivity contribution in [3.05, 3.63) is 29.4 Å². The second-order valence-electron chi connectivity index (χ2n) is 7.68. The van der Waals surface area contributed by atoms with Crippen LogP contribution < -0.4 is 20.7 Å². The molecule has 186 valence electrons. The second kappa shape index (κ2) is 11.6. The molecule has 1 aromatic heterocycles. The zero-order valence-corrected chi connectivity index (χ0v) is 20.7. The molecule has 2 aromatic rings. The number of methoxy groups -OCH3 is 2. The molecule has 1 fully saturated rings. The van der Waals surface area contributed by atoms with Crippen LogP contribution in [0.1, 0.15) is 6.42 Å². The summed E-state index contributed by atoms with van der Waals surface area (Å²) in [4.78, 5) is 24.2. The SMILES string of the molecule is COCCCNC(=O)CN1CCN(c2ncc(S(=O)(=O)c3cc(Cl)ccc3OC)c(N)n2)CC1. The number of aromatic nitrogens is 2. The highest BCUT2D eigenvalue weighted by atomic mass is 35.5. The van der Waals surface area contributed by atoms with Gasteiger partial charge in [-0.2, -0.15) is 4.98 Å². The van der Waals surface area contributed by atoms with Crippen LogP contribution in [0.15, 0.2) is 34.2 Å². The first kappa shape index (κ1) is 25.9. The van der Waals surface area contributed by atoms with Gasteiger partial charge in [-0.1, -0.05) is 11.6 Å². The average Bonchev–Trinajstić information content (AvgIpc) is 2.82. The van der Waals surface area contributed by atoms with E-state index >= 15 is 0 Å². The number of sulfone groups is 1. The Morgan fingerprint density at radius 2 is 1.94 bits per heavy atom. The van der Waals surface area contributed by atoms with E-state index in [0.717, 1.165) is 6.42 Å². The quantitative estimate of drug-likeness (QED) is 0.440. The number of nitrogens with one attached hydrogen (secondary N) is 1. The molecule has 2 heterocycles. The predicted octanol–water partition coefficient (Wildman–Crippen LogP) is 0.828. The van der Waals surface area contributed by atoms with Crippen molar-refractivity contribution in [1.29, 1.82) is 0 Å². The number of carbonyl (C=O) groups is 1. The van der Waals surface area contributed by atoms with Gasteiger partial charge in [0.1, 0.15) is 21.4 Å². The molecule has 0 radical (unpaired) electrons. The average molecular weight is 513 g/mol. The fraction of sp³-hybridized carbons (Fsp3) is 0.476. The van der Waals surface area contributed by atoms with Crippen molar-refractivity contribution in [3.63, 3.8) is 0 Å². The molecule has 1 aliphatic rings. The van der Waals surface area contributed by atoms with Crippen molar-refractivity contribution in [3.8, 4) is 5.75 Å². The molecule has 3 rings (SSSR count). The van der Waals surface area contributed by atoms with Gasteiger partial charge < -0.3 is 25.4 Å². The molecule has 1 saturated heterocycles. The number of amides is 1. The van der Waals surface area contributed by atoms with Crippen LogP contribution in [0.4, 0.5) is 11.8 Å². The molecule has 0 aliphatic carbocycles. The standard InChI is InChI=1S/C21H29ClN6O5S/c1-32-11-3-6-24-19(29)14-27-7-9-28(10-8-27)21-25-13-18(20(23)26-21)34(30,31)17-12-15(22)4-5-16(17)33-2/h4-5,12-13H,3,6-11,14H2,1-2H3,(H,24,29)(H2,23,25,26). The molecule has 0 spiro atoms. The normalized spacial score (nSPS) is 14.7. The van der Waals surface area contributed by atoms with E-state index in [4.69, 9.17) is 26.8 Å². The third kappa shape index (κ3) is 6.26. The summed E-state index contributed by atoms with van der Waals surface area (Å²) in [7, 11) is -1.06. The summed E-state index contributed by atoms with van der Waals surface area (Å²) < 4.78 is 36.5. The minimum Gasteiger partial charge on any atom is -0.495 e. The molecule has 1 aromatic carbocycles. The fourth-order valence-corrected chi connectivity index (χ4v) is 5.21. The van der Waals surface area contributed by atoms with Crippen molar-refractivity contribution in [2.24, 2.45) is 0 Å². The van der Waals surface area contributed by atoms with Gasteiger partial charge in [0.25, 0.3) is 0 Å². The first-order valence-corrected chi connectivity index (χ1v) is 12.6. The van der Waals surface area contributed by atoms with Crippen LogP contribution in [0, 0.1) is 0 Å². The van der Waals surface area contributed by atoms with Crippen molar-refractivity contribution >= 4 is 39.1 Å². The Labute approximate surface area is 204 Å². The monoisotopic (exact) mass is 512 g/mol. The number of hydrogen-bond donors (Lipinski definition) is 2. The van der Waals surface area contributed by atoms with E-state index in [2.05, 4.69) is 15.3 Å². The highest BCUT2D eigenvalue weighted by Gasteiger charge is 2.28. The van der Waals surface area contributed by atoms with E-state index in [1.807, 2.05) is 9.80 Å². The van der Waals surface area contributed by atoms with Crippen molar-refractivity contribution < 1.29 is 22.7 Å². The van der Waals surface area contributed by atoms with E-state index < -0.39 is 9.84 Å². The molecule has 34 heavy (non-hydrogen) atoms. The van der Waals surface area contributed by atoms with Crippen LogP contribution in [0.2, 0.25) is 5.02 Å². The van der Waals surface area contributed by atoms with Gasteiger partial charge in [-0.15, -0.1) is 0 Å². The zero-order chi connectivity index (χ0) is 24.7. The molecule has 3 N–H and O–H groups in total. The van der Waals surface area contributed by atoms with Crippen LogP contribution in [0.5, 0.6) is 5.75 Å². The smallest absolute Gasteiger partial charge is 0.234 e. The number of ether oxygens (including phenoxy) is 2. The highest BCUT2D eigenvalue weighted by Crippen LogP contribution is 2.33. The minimum absolute atomic E-state index is 0.0314. The summed E-state index contributed by atoms with van der Waals surface area (Å²) in [5, 5.41) is 3.12. The highest BCUT2D eigenvalue weighted by molar-refractivity contribution is 7.91. The van der Waals surface area contributed by atoms with Gasteiger partial charge in [0.15, 0.2) is 0 Å². The number of rotatable bonds is 10. The van der Waals surface area contributed by atoms with Crippen LogP contribution >= 0.6 is 11.6 Å². The topological polar surface area (TPSA) is 140 Å². The van der Waals surface area contributed by atoms with Crippen molar-refractivity contribution in [2.75, 3.05) is 70.7 Å². The molecule has 0 saturated carbocycles. The molecule has 0 atom stereocenters. The van der Waals surface area contributed by atoms with Crippen LogP contribution in [-0.2, 0) is 19.4 Å². The van der Waals surface area contributed by atoms with E-state index in [0.29, 0.717) is 51.8 Å². The van der Waals surface area contributed by atoms with Gasteiger partial charge in [-0.05, 0) is 24.6 Å². The second-order valence-corrected chi connectivity index (χ2v) is 10.0. The summed E-state index contributed by atoms with van der Waals surface area (Å²) in [6.07, 6.45) is 1.97. The summed E-state index contributed by atoms with van der Waals surface area (Å²) >= 11 is 5.99. The minimum atomic E-state index is -4.05. The number of nitrogens with zero attached hydrogens (tertiary/aromatic N) is 4. The summed E-state index contributed by atoms with van der Waals surface area (Å²) in [5.41, 5.74) is 6.04. The zero-order valence-electron chi connectivity index (χ0n) is 19.2. The number of benzene rings is 1. The molecular weight excluding hydrogens is 484 g/mol. The Morgan fingerprint density at radius 3 is 2.59 bits per heavy atom. The number of nitrogens with two attached hydrogens (primary N) is 1.